The molecule has 150 valence electrons. The predicted molar refractivity (Wildman–Crippen MR) is 107 cm³/mol. The third kappa shape index (κ3) is 4.41. The van der Waals surface area contributed by atoms with Crippen molar-refractivity contribution >= 4 is 46.2 Å². The third-order valence-corrected chi connectivity index (χ3v) is 4.75. The van der Waals surface area contributed by atoms with E-state index in [1.54, 1.807) is 25.1 Å². The second-order valence-electron chi connectivity index (χ2n) is 6.12. The molecule has 9 heteroatoms. The Balaban J connectivity index is 2.02. The fourth-order valence-electron chi connectivity index (χ4n) is 2.70. The highest BCUT2D eigenvalue weighted by Crippen LogP contribution is 2.26. The smallest absolute Gasteiger partial charge is 0.407 e. The summed E-state index contributed by atoms with van der Waals surface area (Å²) in [6, 6.07) is 9.54. The zero-order valence-corrected chi connectivity index (χ0v) is 17.1. The van der Waals surface area contributed by atoms with Gasteiger partial charge in [0.25, 0.3) is 0 Å². The number of carbonyl (C=O) groups is 2. The first-order valence-electron chi connectivity index (χ1n) is 8.64. The molecule has 0 aliphatic carbocycles. The normalized spacial score (nSPS) is 10.8. The van der Waals surface area contributed by atoms with Gasteiger partial charge in [-0.25, -0.2) is 14.6 Å². The minimum atomic E-state index is -0.885. The van der Waals surface area contributed by atoms with E-state index in [9.17, 15) is 14.8 Å². The Labute approximate surface area is 176 Å². The fourth-order valence-corrected chi connectivity index (χ4v) is 3.02. The molecule has 0 radical (unpaired) electrons. The number of fused-ring (bicyclic) bond motifs is 1. The summed E-state index contributed by atoms with van der Waals surface area (Å²) in [5.41, 5.74) is 1.04. The summed E-state index contributed by atoms with van der Waals surface area (Å²) in [6.45, 7) is 3.10. The van der Waals surface area contributed by atoms with E-state index in [1.807, 2.05) is 13.0 Å². The molecular formula is C20H16Cl2N2O5. The second kappa shape index (κ2) is 8.63. The van der Waals surface area contributed by atoms with Gasteiger partial charge in [-0.2, -0.15) is 4.73 Å². The van der Waals surface area contributed by atoms with Gasteiger partial charge in [-0.1, -0.05) is 40.9 Å². The van der Waals surface area contributed by atoms with E-state index in [0.29, 0.717) is 10.3 Å². The lowest BCUT2D eigenvalue weighted by molar-refractivity contribution is -0.581. The maximum absolute atomic E-state index is 12.8. The number of aromatic nitrogens is 2. The monoisotopic (exact) mass is 434 g/mol. The zero-order valence-electron chi connectivity index (χ0n) is 15.6. The molecule has 0 N–H and O–H groups in total. The van der Waals surface area contributed by atoms with Gasteiger partial charge in [-0.15, -0.1) is 0 Å². The van der Waals surface area contributed by atoms with Crippen LogP contribution in [-0.2, 0) is 16.1 Å². The zero-order chi connectivity index (χ0) is 21.1. The van der Waals surface area contributed by atoms with Crippen molar-refractivity contribution in [1.82, 2.24) is 4.98 Å². The number of aryl methyl sites for hydroxylation is 1. The number of hydrogen-bond donors (Lipinski definition) is 0. The Morgan fingerprint density at radius 1 is 1.10 bits per heavy atom. The summed E-state index contributed by atoms with van der Waals surface area (Å²) in [7, 11) is 0. The quantitative estimate of drug-likeness (QED) is 0.342. The molecule has 1 heterocycles. The Bertz CT molecular complexity index is 1120. The number of nitrogens with zero attached hydrogens (tertiary/aromatic N) is 2. The average Bonchev–Trinajstić information content (AvgIpc) is 2.68. The van der Waals surface area contributed by atoms with Crippen LogP contribution in [0, 0.1) is 12.1 Å². The summed E-state index contributed by atoms with van der Waals surface area (Å²) < 4.78 is 10.6. The molecule has 0 bridgehead atoms. The number of rotatable bonds is 5. The van der Waals surface area contributed by atoms with Crippen LogP contribution in [0.3, 0.4) is 0 Å². The molecule has 0 aliphatic heterocycles. The van der Waals surface area contributed by atoms with Crippen molar-refractivity contribution in [2.24, 2.45) is 0 Å². The van der Waals surface area contributed by atoms with E-state index in [2.05, 4.69) is 4.98 Å². The standard InChI is InChI=1S/C20H16Cl2N2O5/c1-3-28-20(26)18-16(10-29-19(25)12-6-4-5-11(2)7-12)23-15-8-13(21)14(22)9-17(15)24(18)27/h4-9H,3,10H2,1-2H3. The first kappa shape index (κ1) is 20.8. The van der Waals surface area contributed by atoms with Crippen molar-refractivity contribution in [2.75, 3.05) is 6.61 Å². The molecule has 0 unspecified atom stereocenters. The van der Waals surface area contributed by atoms with Gasteiger partial charge in [0.1, 0.15) is 12.1 Å². The minimum absolute atomic E-state index is 0.0382. The summed E-state index contributed by atoms with van der Waals surface area (Å²) in [4.78, 5) is 29.0. The van der Waals surface area contributed by atoms with Gasteiger partial charge in [0.05, 0.1) is 22.2 Å². The highest BCUT2D eigenvalue weighted by atomic mass is 35.5. The van der Waals surface area contributed by atoms with Gasteiger partial charge < -0.3 is 14.7 Å². The van der Waals surface area contributed by atoms with Crippen LogP contribution in [0.25, 0.3) is 11.0 Å². The van der Waals surface area contributed by atoms with Crippen LogP contribution >= 0.6 is 23.2 Å². The molecule has 7 nitrogen and oxygen atoms in total. The number of ether oxygens (including phenoxy) is 2. The lowest BCUT2D eigenvalue weighted by Crippen LogP contribution is -2.39. The largest absolute Gasteiger partial charge is 0.618 e. The minimum Gasteiger partial charge on any atom is -0.618 e. The van der Waals surface area contributed by atoms with Crippen LogP contribution < -0.4 is 4.73 Å². The molecule has 29 heavy (non-hydrogen) atoms. The van der Waals surface area contributed by atoms with E-state index in [1.165, 1.54) is 12.1 Å². The molecule has 0 spiro atoms. The van der Waals surface area contributed by atoms with E-state index in [4.69, 9.17) is 32.7 Å². The molecule has 3 rings (SSSR count). The van der Waals surface area contributed by atoms with Crippen LogP contribution in [0.1, 0.15) is 39.0 Å². The summed E-state index contributed by atoms with van der Waals surface area (Å²) in [5.74, 6) is -1.50. The predicted octanol–water partition coefficient (Wildman–Crippen LogP) is 4.02. The molecule has 2 aromatic carbocycles. The number of halogens is 2. The van der Waals surface area contributed by atoms with Gasteiger partial charge in [0.15, 0.2) is 5.69 Å². The third-order valence-electron chi connectivity index (χ3n) is 4.03. The Hall–Kier alpha value is -2.90. The first-order chi connectivity index (χ1) is 13.8. The summed E-state index contributed by atoms with van der Waals surface area (Å²) >= 11 is 12.0. The molecule has 0 saturated heterocycles. The van der Waals surface area contributed by atoms with Crippen molar-refractivity contribution in [3.63, 3.8) is 0 Å². The van der Waals surface area contributed by atoms with Crippen molar-refractivity contribution in [2.45, 2.75) is 20.5 Å². The van der Waals surface area contributed by atoms with Crippen LogP contribution in [0.15, 0.2) is 36.4 Å². The summed E-state index contributed by atoms with van der Waals surface area (Å²) in [5, 5.41) is 13.2. The summed E-state index contributed by atoms with van der Waals surface area (Å²) in [6.07, 6.45) is 0. The van der Waals surface area contributed by atoms with Gasteiger partial charge >= 0.3 is 17.6 Å². The molecule has 0 fully saturated rings. The number of hydrogen-bond acceptors (Lipinski definition) is 6. The Morgan fingerprint density at radius 3 is 2.52 bits per heavy atom. The van der Waals surface area contributed by atoms with E-state index in [0.717, 1.165) is 5.56 Å². The number of carbonyl (C=O) groups excluding carboxylic acids is 2. The van der Waals surface area contributed by atoms with Gasteiger partial charge in [-0.05, 0) is 32.0 Å². The molecular weight excluding hydrogens is 419 g/mol. The molecule has 0 aliphatic rings. The lowest BCUT2D eigenvalue weighted by Gasteiger charge is -2.12. The SMILES string of the molecule is CCOC(=O)c1c(COC(=O)c2cccc(C)c2)nc2cc(Cl)c(Cl)cc2[n+]1[O-]. The van der Waals surface area contributed by atoms with Crippen LogP contribution in [0.4, 0.5) is 0 Å². The molecule has 0 atom stereocenters. The van der Waals surface area contributed by atoms with E-state index < -0.39 is 18.5 Å². The topological polar surface area (TPSA) is 92.4 Å². The number of esters is 2. The second-order valence-corrected chi connectivity index (χ2v) is 6.94. The van der Waals surface area contributed by atoms with Gasteiger partial charge in [0.2, 0.25) is 5.52 Å². The molecule has 3 aromatic rings. The molecule has 1 aromatic heterocycles. The van der Waals surface area contributed by atoms with Crippen LogP contribution in [-0.4, -0.2) is 23.5 Å². The van der Waals surface area contributed by atoms with Crippen LogP contribution in [0.5, 0.6) is 0 Å². The van der Waals surface area contributed by atoms with Crippen molar-refractivity contribution in [3.8, 4) is 0 Å². The number of benzene rings is 2. The molecule has 0 amide bonds. The first-order valence-corrected chi connectivity index (χ1v) is 9.39. The van der Waals surface area contributed by atoms with Gasteiger partial charge in [-0.3, -0.25) is 0 Å². The van der Waals surface area contributed by atoms with E-state index in [-0.39, 0.29) is 39.1 Å². The van der Waals surface area contributed by atoms with E-state index >= 15 is 0 Å². The van der Waals surface area contributed by atoms with Gasteiger partial charge in [0, 0.05) is 6.07 Å². The highest BCUT2D eigenvalue weighted by molar-refractivity contribution is 6.42. The van der Waals surface area contributed by atoms with Crippen molar-refractivity contribution < 1.29 is 23.8 Å². The maximum atomic E-state index is 12.8. The van der Waals surface area contributed by atoms with Crippen molar-refractivity contribution in [1.29, 1.82) is 0 Å². The molecule has 0 saturated carbocycles. The average molecular weight is 435 g/mol. The maximum Gasteiger partial charge on any atom is 0.407 e. The lowest BCUT2D eigenvalue weighted by atomic mass is 10.1. The fraction of sp³-hybridized carbons (Fsp3) is 0.200. The Kier molecular flexibility index (Phi) is 6.20. The van der Waals surface area contributed by atoms with Crippen molar-refractivity contribution in [3.05, 3.63) is 74.2 Å². The Morgan fingerprint density at radius 2 is 1.83 bits per heavy atom. The highest BCUT2D eigenvalue weighted by Gasteiger charge is 2.29. The van der Waals surface area contributed by atoms with Crippen LogP contribution in [0.2, 0.25) is 10.0 Å².